The number of rotatable bonds is 4. The van der Waals surface area contributed by atoms with Crippen LogP contribution in [0.2, 0.25) is 0 Å². The van der Waals surface area contributed by atoms with Crippen molar-refractivity contribution in [1.29, 1.82) is 0 Å². The zero-order chi connectivity index (χ0) is 18.5. The third-order valence-electron chi connectivity index (χ3n) is 3.93. The molecule has 0 radical (unpaired) electrons. The number of nitrogens with one attached hydrogen (secondary N) is 1. The van der Waals surface area contributed by atoms with E-state index in [0.717, 1.165) is 21.7 Å². The smallest absolute Gasteiger partial charge is 0.336 e. The highest BCUT2D eigenvalue weighted by molar-refractivity contribution is 5.93. The number of nitrogens with zero attached hydrogens (tertiary/aromatic N) is 1. The summed E-state index contributed by atoms with van der Waals surface area (Å²) in [4.78, 5) is 12.3. The third kappa shape index (κ3) is 4.17. The maximum atomic E-state index is 13.1. The number of urea groups is 1. The maximum Gasteiger partial charge on any atom is 0.336 e. The van der Waals surface area contributed by atoms with E-state index < -0.39 is 6.03 Å². The second-order valence-electron chi connectivity index (χ2n) is 5.85. The fourth-order valence-electron chi connectivity index (χ4n) is 2.53. The van der Waals surface area contributed by atoms with Crippen LogP contribution in [0.25, 0.3) is 11.1 Å². The van der Waals surface area contributed by atoms with Crippen LogP contribution in [0.3, 0.4) is 0 Å². The van der Waals surface area contributed by atoms with E-state index in [1.807, 2.05) is 36.4 Å². The largest absolute Gasteiger partial charge is 0.397 e. The molecule has 0 aromatic heterocycles. The Morgan fingerprint density at radius 2 is 1.62 bits per heavy atom. The van der Waals surface area contributed by atoms with Gasteiger partial charge in [-0.15, -0.1) is 0 Å². The van der Waals surface area contributed by atoms with Crippen molar-refractivity contribution in [2.75, 3.05) is 11.1 Å². The van der Waals surface area contributed by atoms with Gasteiger partial charge in [0.05, 0.1) is 17.9 Å². The Hall–Kier alpha value is -3.38. The van der Waals surface area contributed by atoms with Gasteiger partial charge in [-0.1, -0.05) is 48.5 Å². The van der Waals surface area contributed by atoms with Crippen LogP contribution in [0, 0.1) is 5.82 Å². The highest BCUT2D eigenvalue weighted by Crippen LogP contribution is 2.27. The summed E-state index contributed by atoms with van der Waals surface area (Å²) >= 11 is 0. The highest BCUT2D eigenvalue weighted by Gasteiger charge is 2.12. The lowest BCUT2D eigenvalue weighted by atomic mass is 10.0. The number of amides is 2. The fraction of sp³-hybridized carbons (Fsp3) is 0.0500. The zero-order valence-corrected chi connectivity index (χ0v) is 14.0. The van der Waals surface area contributed by atoms with Crippen LogP contribution >= 0.6 is 0 Å². The van der Waals surface area contributed by atoms with E-state index >= 15 is 0 Å². The molecule has 6 heteroatoms. The standard InChI is InChI=1S/C20H19FN4O/c21-17-9-6-15(7-10-17)16-8-11-18(22)19(12-16)24-20(26)25(23)13-14-4-2-1-3-5-14/h1-12H,13,22-23H2,(H,24,26). The first-order chi connectivity index (χ1) is 12.5. The first-order valence-electron chi connectivity index (χ1n) is 8.05. The lowest BCUT2D eigenvalue weighted by Gasteiger charge is -2.18. The van der Waals surface area contributed by atoms with Crippen molar-refractivity contribution in [3.05, 3.63) is 84.2 Å². The van der Waals surface area contributed by atoms with Crippen molar-refractivity contribution in [3.63, 3.8) is 0 Å². The van der Waals surface area contributed by atoms with Crippen molar-refractivity contribution in [1.82, 2.24) is 5.01 Å². The fourth-order valence-corrected chi connectivity index (χ4v) is 2.53. The number of benzene rings is 3. The molecule has 0 unspecified atom stereocenters. The summed E-state index contributed by atoms with van der Waals surface area (Å²) in [5.41, 5.74) is 9.35. The Morgan fingerprint density at radius 1 is 0.962 bits per heavy atom. The van der Waals surface area contributed by atoms with Crippen molar-refractivity contribution >= 4 is 17.4 Å². The van der Waals surface area contributed by atoms with Gasteiger partial charge in [0.2, 0.25) is 0 Å². The topological polar surface area (TPSA) is 84.4 Å². The van der Waals surface area contributed by atoms with Crippen molar-refractivity contribution in [2.24, 2.45) is 5.84 Å². The second kappa shape index (κ2) is 7.67. The SMILES string of the molecule is Nc1ccc(-c2ccc(F)cc2)cc1NC(=O)N(N)Cc1ccccc1. The Labute approximate surface area is 151 Å². The lowest BCUT2D eigenvalue weighted by Crippen LogP contribution is -2.40. The van der Waals surface area contributed by atoms with Crippen LogP contribution in [0.4, 0.5) is 20.6 Å². The number of carbonyl (C=O) groups is 1. The lowest BCUT2D eigenvalue weighted by molar-refractivity contribution is 0.210. The van der Waals surface area contributed by atoms with E-state index in [4.69, 9.17) is 11.6 Å². The Balaban J connectivity index is 1.75. The van der Waals surface area contributed by atoms with Gasteiger partial charge in [0, 0.05) is 0 Å². The van der Waals surface area contributed by atoms with Crippen LogP contribution in [0.15, 0.2) is 72.8 Å². The summed E-state index contributed by atoms with van der Waals surface area (Å²) in [6.45, 7) is 0.268. The summed E-state index contributed by atoms with van der Waals surface area (Å²) in [6.07, 6.45) is 0. The van der Waals surface area contributed by atoms with Crippen LogP contribution in [-0.4, -0.2) is 11.0 Å². The van der Waals surface area contributed by atoms with Crippen LogP contribution in [-0.2, 0) is 6.54 Å². The molecule has 3 aromatic carbocycles. The van der Waals surface area contributed by atoms with Gasteiger partial charge in [0.1, 0.15) is 5.82 Å². The van der Waals surface area contributed by atoms with E-state index in [9.17, 15) is 9.18 Å². The molecule has 0 saturated carbocycles. The summed E-state index contributed by atoms with van der Waals surface area (Å²) in [5.74, 6) is 5.54. The molecule has 2 amide bonds. The van der Waals surface area contributed by atoms with Gasteiger partial charge in [-0.25, -0.2) is 15.0 Å². The monoisotopic (exact) mass is 350 g/mol. The van der Waals surface area contributed by atoms with Crippen molar-refractivity contribution in [2.45, 2.75) is 6.54 Å². The number of hydrogen-bond donors (Lipinski definition) is 3. The zero-order valence-electron chi connectivity index (χ0n) is 14.0. The highest BCUT2D eigenvalue weighted by atomic mass is 19.1. The molecule has 26 heavy (non-hydrogen) atoms. The number of halogens is 1. The number of carbonyl (C=O) groups excluding carboxylic acids is 1. The Kier molecular flexibility index (Phi) is 5.15. The third-order valence-corrected chi connectivity index (χ3v) is 3.93. The molecule has 0 bridgehead atoms. The molecule has 3 aromatic rings. The van der Waals surface area contributed by atoms with Crippen LogP contribution in [0.5, 0.6) is 0 Å². The van der Waals surface area contributed by atoms with Gasteiger partial charge in [-0.2, -0.15) is 0 Å². The summed E-state index contributed by atoms with van der Waals surface area (Å²) in [6, 6.07) is 20.3. The van der Waals surface area contributed by atoms with Crippen molar-refractivity contribution < 1.29 is 9.18 Å². The summed E-state index contributed by atoms with van der Waals surface area (Å²) < 4.78 is 13.1. The molecule has 0 atom stereocenters. The van der Waals surface area contributed by atoms with Crippen LogP contribution < -0.4 is 16.9 Å². The van der Waals surface area contributed by atoms with Gasteiger partial charge in [0.25, 0.3) is 0 Å². The van der Waals surface area contributed by atoms with Gasteiger partial charge < -0.3 is 11.1 Å². The van der Waals surface area contributed by atoms with Gasteiger partial charge in [-0.3, -0.25) is 5.01 Å². The first-order valence-corrected chi connectivity index (χ1v) is 8.05. The molecular weight excluding hydrogens is 331 g/mol. The molecule has 0 spiro atoms. The average molecular weight is 350 g/mol. The molecule has 0 aliphatic heterocycles. The maximum absolute atomic E-state index is 13.1. The minimum absolute atomic E-state index is 0.268. The molecule has 0 aliphatic rings. The van der Waals surface area contributed by atoms with E-state index in [1.54, 1.807) is 24.3 Å². The number of hydrazine groups is 1. The average Bonchev–Trinajstić information content (AvgIpc) is 2.65. The molecule has 3 rings (SSSR count). The predicted molar refractivity (Wildman–Crippen MR) is 101 cm³/mol. The van der Waals surface area contributed by atoms with E-state index in [0.29, 0.717) is 11.4 Å². The normalized spacial score (nSPS) is 10.4. The molecule has 0 heterocycles. The van der Waals surface area contributed by atoms with E-state index in [1.165, 1.54) is 12.1 Å². The van der Waals surface area contributed by atoms with Gasteiger partial charge >= 0.3 is 6.03 Å². The van der Waals surface area contributed by atoms with Gasteiger partial charge in [-0.05, 0) is 41.0 Å². The molecule has 0 aliphatic carbocycles. The molecular formula is C20H19FN4O. The van der Waals surface area contributed by atoms with E-state index in [-0.39, 0.29) is 12.4 Å². The van der Waals surface area contributed by atoms with Gasteiger partial charge in [0.15, 0.2) is 0 Å². The molecule has 0 saturated heterocycles. The van der Waals surface area contributed by atoms with Crippen molar-refractivity contribution in [3.8, 4) is 11.1 Å². The molecule has 132 valence electrons. The predicted octanol–water partition coefficient (Wildman–Crippen LogP) is 3.98. The number of hydrogen-bond acceptors (Lipinski definition) is 3. The quantitative estimate of drug-likeness (QED) is 0.288. The minimum atomic E-state index is -0.475. The van der Waals surface area contributed by atoms with Crippen LogP contribution in [0.1, 0.15) is 5.56 Å². The minimum Gasteiger partial charge on any atom is -0.397 e. The summed E-state index contributed by atoms with van der Waals surface area (Å²) in [5, 5.41) is 3.80. The van der Waals surface area contributed by atoms with E-state index in [2.05, 4.69) is 5.32 Å². The second-order valence-corrected chi connectivity index (χ2v) is 5.85. The number of anilines is 2. The Morgan fingerprint density at radius 3 is 2.31 bits per heavy atom. The number of nitrogen functional groups attached to an aromatic ring is 1. The summed E-state index contributed by atoms with van der Waals surface area (Å²) in [7, 11) is 0. The molecule has 0 fully saturated rings. The molecule has 5 N–H and O–H groups in total. The number of nitrogens with two attached hydrogens (primary N) is 2. The molecule has 5 nitrogen and oxygen atoms in total. The first kappa shape index (κ1) is 17.4. The Bertz CT molecular complexity index is 897.